The molecule has 3 nitrogen and oxygen atoms in total. The number of nitrogens with zero attached hydrogens (tertiary/aromatic N) is 3. The fourth-order valence-electron chi connectivity index (χ4n) is 8.02. The number of aliphatic imine (C=N–C) groups is 1. The van der Waals surface area contributed by atoms with Crippen LogP contribution in [0.1, 0.15) is 31.9 Å². The second-order valence-corrected chi connectivity index (χ2v) is 15.1. The van der Waals surface area contributed by atoms with Crippen molar-refractivity contribution in [3.8, 4) is 50.5 Å². The first kappa shape index (κ1) is 37.9. The molecular formula is C57H45N3. The molecule has 3 heteroatoms. The number of imidazole rings is 1. The van der Waals surface area contributed by atoms with Gasteiger partial charge in [-0.2, -0.15) is 0 Å². The number of para-hydroxylation sites is 3. The van der Waals surface area contributed by atoms with Crippen molar-refractivity contribution in [1.29, 1.82) is 0 Å². The van der Waals surface area contributed by atoms with E-state index in [1.165, 1.54) is 21.9 Å². The normalized spacial score (nSPS) is 12.5. The van der Waals surface area contributed by atoms with Crippen LogP contribution in [0.25, 0.3) is 83.5 Å². The summed E-state index contributed by atoms with van der Waals surface area (Å²) in [5.41, 5.74) is 16.3. The Morgan fingerprint density at radius 2 is 1.15 bits per heavy atom. The van der Waals surface area contributed by atoms with Crippen molar-refractivity contribution in [3.05, 3.63) is 230 Å². The Balaban J connectivity index is 1.18. The van der Waals surface area contributed by atoms with Crippen LogP contribution in [0.3, 0.4) is 0 Å². The van der Waals surface area contributed by atoms with Gasteiger partial charge in [-0.25, -0.2) is 4.98 Å². The molecule has 0 saturated heterocycles. The van der Waals surface area contributed by atoms with E-state index >= 15 is 0 Å². The van der Waals surface area contributed by atoms with Gasteiger partial charge < -0.3 is 0 Å². The maximum Gasteiger partial charge on any atom is 0.145 e. The lowest BCUT2D eigenvalue weighted by atomic mass is 9.90. The first-order valence-corrected chi connectivity index (χ1v) is 20.5. The molecule has 0 radical (unpaired) electrons. The number of hydrogen-bond acceptors (Lipinski definition) is 2. The van der Waals surface area contributed by atoms with Crippen LogP contribution in [-0.2, 0) is 0 Å². The third kappa shape index (κ3) is 7.81. The average molecular weight is 772 g/mol. The minimum Gasteiger partial charge on any atom is -0.292 e. The Hall–Kier alpha value is -7.62. The second kappa shape index (κ2) is 17.1. The highest BCUT2D eigenvalue weighted by Crippen LogP contribution is 2.38. The van der Waals surface area contributed by atoms with Gasteiger partial charge in [0.25, 0.3) is 0 Å². The Bertz CT molecular complexity index is 3080. The van der Waals surface area contributed by atoms with Gasteiger partial charge >= 0.3 is 0 Å². The van der Waals surface area contributed by atoms with Gasteiger partial charge in [0.2, 0.25) is 0 Å². The molecule has 0 fully saturated rings. The van der Waals surface area contributed by atoms with Crippen LogP contribution in [0.15, 0.2) is 223 Å². The highest BCUT2D eigenvalue weighted by atomic mass is 15.1. The molecule has 0 aliphatic heterocycles. The molecule has 0 aliphatic carbocycles. The van der Waals surface area contributed by atoms with Crippen LogP contribution >= 0.6 is 0 Å². The summed E-state index contributed by atoms with van der Waals surface area (Å²) in [6.45, 7) is 6.23. The third-order valence-electron chi connectivity index (χ3n) is 11.0. The van der Waals surface area contributed by atoms with E-state index in [1.54, 1.807) is 0 Å². The lowest BCUT2D eigenvalue weighted by molar-refractivity contribution is 1.10. The molecular weight excluding hydrogens is 727 g/mol. The molecule has 1 aromatic heterocycles. The van der Waals surface area contributed by atoms with Gasteiger partial charge in [0.15, 0.2) is 0 Å². The van der Waals surface area contributed by atoms with Gasteiger partial charge in [-0.15, -0.1) is 0 Å². The van der Waals surface area contributed by atoms with Crippen molar-refractivity contribution < 1.29 is 0 Å². The predicted molar refractivity (Wildman–Crippen MR) is 256 cm³/mol. The Kier molecular flexibility index (Phi) is 10.8. The number of benzene rings is 8. The van der Waals surface area contributed by atoms with Gasteiger partial charge in [-0.1, -0.05) is 164 Å². The smallest absolute Gasteiger partial charge is 0.145 e. The molecule has 0 amide bonds. The Morgan fingerprint density at radius 3 is 1.95 bits per heavy atom. The van der Waals surface area contributed by atoms with Crippen molar-refractivity contribution in [2.45, 2.75) is 20.8 Å². The fraction of sp³-hybridized carbons (Fsp3) is 0.0526. The predicted octanol–water partition coefficient (Wildman–Crippen LogP) is 15.3. The molecule has 1 heterocycles. The Labute approximate surface area is 352 Å². The molecule has 9 aromatic rings. The average Bonchev–Trinajstić information content (AvgIpc) is 3.71. The standard InChI is InChI=1S/C57H45N3/c1-4-5-8-19-40(2)58-56(41(3)42-20-9-6-10-21-42)45-34-32-43(33-35-45)48-37-49(39-50(38-48)53-29-18-23-44-22-13-14-28-52(44)53)46-24-17-25-47(36-46)57-59-54-30-15-16-31-55(54)60(57)51-26-11-7-12-27-51/h4-39H,1-3H3/b5-4-,19-8-,56-41+,58-40+. The summed E-state index contributed by atoms with van der Waals surface area (Å²) >= 11 is 0. The van der Waals surface area contributed by atoms with Crippen molar-refractivity contribution in [1.82, 2.24) is 9.55 Å². The van der Waals surface area contributed by atoms with Crippen molar-refractivity contribution in [2.75, 3.05) is 0 Å². The topological polar surface area (TPSA) is 30.2 Å². The highest BCUT2D eigenvalue weighted by Gasteiger charge is 2.16. The minimum atomic E-state index is 0.912. The van der Waals surface area contributed by atoms with Crippen LogP contribution in [0.4, 0.5) is 0 Å². The van der Waals surface area contributed by atoms with E-state index in [0.29, 0.717) is 0 Å². The number of fused-ring (bicyclic) bond motifs is 2. The molecule has 9 rings (SSSR count). The summed E-state index contributed by atoms with van der Waals surface area (Å²) in [7, 11) is 0. The molecule has 0 aliphatic rings. The number of hydrogen-bond donors (Lipinski definition) is 0. The van der Waals surface area contributed by atoms with Gasteiger partial charge in [0.05, 0.1) is 16.7 Å². The number of aromatic nitrogens is 2. The van der Waals surface area contributed by atoms with E-state index in [-0.39, 0.29) is 0 Å². The zero-order valence-electron chi connectivity index (χ0n) is 34.1. The maximum absolute atomic E-state index is 5.19. The Morgan fingerprint density at radius 1 is 0.517 bits per heavy atom. The SMILES string of the molecule is C\C=C/C=C\C(C)=N\C(=C(/C)c1ccccc1)c1ccc(-c2cc(-c3cccc(-c4nc5ccccc5n4-c4ccccc4)c3)cc(-c3cccc4ccccc34)c2)cc1. The zero-order valence-corrected chi connectivity index (χ0v) is 34.1. The molecule has 0 spiro atoms. The van der Waals surface area contributed by atoms with Crippen molar-refractivity contribution in [2.24, 2.45) is 4.99 Å². The molecule has 0 bridgehead atoms. The van der Waals surface area contributed by atoms with Crippen LogP contribution in [0.5, 0.6) is 0 Å². The molecule has 0 saturated carbocycles. The van der Waals surface area contributed by atoms with Gasteiger partial charge in [-0.3, -0.25) is 9.56 Å². The van der Waals surface area contributed by atoms with Crippen molar-refractivity contribution in [3.63, 3.8) is 0 Å². The van der Waals surface area contributed by atoms with Crippen LogP contribution in [0.2, 0.25) is 0 Å². The lowest BCUT2D eigenvalue weighted by Gasteiger charge is -2.15. The quantitative estimate of drug-likeness (QED) is 0.0774. The first-order valence-electron chi connectivity index (χ1n) is 20.5. The number of allylic oxidation sites excluding steroid dienone is 5. The molecule has 288 valence electrons. The van der Waals surface area contributed by atoms with E-state index in [0.717, 1.165) is 78.5 Å². The van der Waals surface area contributed by atoms with Crippen LogP contribution < -0.4 is 0 Å². The summed E-state index contributed by atoms with van der Waals surface area (Å²) in [6.07, 6.45) is 8.14. The zero-order chi connectivity index (χ0) is 40.8. The van der Waals surface area contributed by atoms with Crippen LogP contribution in [0, 0.1) is 0 Å². The van der Waals surface area contributed by atoms with Crippen LogP contribution in [-0.4, -0.2) is 15.3 Å². The van der Waals surface area contributed by atoms with Crippen molar-refractivity contribution >= 4 is 38.8 Å². The monoisotopic (exact) mass is 771 g/mol. The van der Waals surface area contributed by atoms with E-state index in [2.05, 4.69) is 219 Å². The lowest BCUT2D eigenvalue weighted by Crippen LogP contribution is -1.97. The van der Waals surface area contributed by atoms with Gasteiger partial charge in [0.1, 0.15) is 5.82 Å². The maximum atomic E-state index is 5.19. The molecule has 0 atom stereocenters. The highest BCUT2D eigenvalue weighted by molar-refractivity contribution is 6.02. The van der Waals surface area contributed by atoms with E-state index < -0.39 is 0 Å². The minimum absolute atomic E-state index is 0.912. The molecule has 0 unspecified atom stereocenters. The fourth-order valence-corrected chi connectivity index (χ4v) is 8.02. The van der Waals surface area contributed by atoms with E-state index in [9.17, 15) is 0 Å². The summed E-state index contributed by atoms with van der Waals surface area (Å²) in [4.78, 5) is 10.4. The van der Waals surface area contributed by atoms with Gasteiger partial charge in [0, 0.05) is 22.5 Å². The first-order chi connectivity index (χ1) is 29.5. The summed E-state index contributed by atoms with van der Waals surface area (Å²) < 4.78 is 2.26. The van der Waals surface area contributed by atoms with Gasteiger partial charge in [-0.05, 0) is 131 Å². The largest absolute Gasteiger partial charge is 0.292 e. The molecule has 8 aromatic carbocycles. The summed E-state index contributed by atoms with van der Waals surface area (Å²) in [5, 5.41) is 2.45. The number of rotatable bonds is 10. The summed E-state index contributed by atoms with van der Waals surface area (Å²) in [6, 6.07) is 69.3. The third-order valence-corrected chi connectivity index (χ3v) is 11.0. The van der Waals surface area contributed by atoms with E-state index in [4.69, 9.17) is 9.98 Å². The second-order valence-electron chi connectivity index (χ2n) is 15.1. The molecule has 0 N–H and O–H groups in total. The van der Waals surface area contributed by atoms with E-state index in [1.807, 2.05) is 25.2 Å². The summed E-state index contributed by atoms with van der Waals surface area (Å²) in [5.74, 6) is 0.912. The molecule has 60 heavy (non-hydrogen) atoms.